The van der Waals surface area contributed by atoms with Crippen molar-refractivity contribution in [3.63, 3.8) is 0 Å². The molecule has 0 aliphatic heterocycles. The first-order chi connectivity index (χ1) is 8.75. The second kappa shape index (κ2) is 6.89. The van der Waals surface area contributed by atoms with E-state index in [4.69, 9.17) is 0 Å². The first kappa shape index (κ1) is 13.5. The molecule has 2 nitrogen and oxygen atoms in total. The van der Waals surface area contributed by atoms with E-state index in [1.807, 2.05) is 12.4 Å². The van der Waals surface area contributed by atoms with Gasteiger partial charge in [0.1, 0.15) is 0 Å². The van der Waals surface area contributed by atoms with E-state index in [9.17, 15) is 0 Å². The first-order valence-corrected chi connectivity index (χ1v) is 7.38. The largest absolute Gasteiger partial charge is 0.314 e. The second-order valence-electron chi connectivity index (χ2n) is 5.93. The molecular formula is C16H26N2. The van der Waals surface area contributed by atoms with Crippen molar-refractivity contribution in [1.82, 2.24) is 10.3 Å². The van der Waals surface area contributed by atoms with Crippen molar-refractivity contribution in [2.24, 2.45) is 11.8 Å². The van der Waals surface area contributed by atoms with Crippen LogP contribution in [0.4, 0.5) is 0 Å². The third kappa shape index (κ3) is 4.09. The zero-order valence-corrected chi connectivity index (χ0v) is 11.7. The highest BCUT2D eigenvalue weighted by molar-refractivity contribution is 5.09. The van der Waals surface area contributed by atoms with Gasteiger partial charge in [-0.3, -0.25) is 4.98 Å². The van der Waals surface area contributed by atoms with Crippen LogP contribution in [0.3, 0.4) is 0 Å². The van der Waals surface area contributed by atoms with Crippen LogP contribution in [0.1, 0.15) is 45.1 Å². The summed E-state index contributed by atoms with van der Waals surface area (Å²) in [6.45, 7) is 5.83. The number of hydrogen-bond acceptors (Lipinski definition) is 2. The predicted octanol–water partition coefficient (Wildman–Crippen LogP) is 3.43. The van der Waals surface area contributed by atoms with Gasteiger partial charge in [0.25, 0.3) is 0 Å². The molecule has 1 heterocycles. The van der Waals surface area contributed by atoms with E-state index < -0.39 is 0 Å². The summed E-state index contributed by atoms with van der Waals surface area (Å²) in [5.74, 6) is 1.77. The summed E-state index contributed by atoms with van der Waals surface area (Å²) in [6.07, 6.45) is 10.4. The lowest BCUT2D eigenvalue weighted by molar-refractivity contribution is 0.232. The summed E-state index contributed by atoms with van der Waals surface area (Å²) < 4.78 is 0. The first-order valence-electron chi connectivity index (χ1n) is 7.38. The lowest BCUT2D eigenvalue weighted by atomic mass is 9.79. The standard InChI is InChI=1S/C16H26N2/c1-13(2)15-4-3-5-16(12-15)18-11-8-14-6-9-17-10-7-14/h6-7,9-10,13,15-16,18H,3-5,8,11-12H2,1-2H3. The molecule has 18 heavy (non-hydrogen) atoms. The Morgan fingerprint density at radius 1 is 1.28 bits per heavy atom. The SMILES string of the molecule is CC(C)C1CCCC(NCCc2ccncc2)C1. The summed E-state index contributed by atoms with van der Waals surface area (Å²) in [4.78, 5) is 4.05. The van der Waals surface area contributed by atoms with Crippen molar-refractivity contribution in [3.8, 4) is 0 Å². The van der Waals surface area contributed by atoms with Gasteiger partial charge in [-0.15, -0.1) is 0 Å². The number of pyridine rings is 1. The third-order valence-electron chi connectivity index (χ3n) is 4.25. The van der Waals surface area contributed by atoms with E-state index in [2.05, 4.69) is 36.3 Å². The Labute approximate surface area is 111 Å². The molecule has 1 aliphatic rings. The molecule has 2 rings (SSSR count). The minimum atomic E-state index is 0.744. The van der Waals surface area contributed by atoms with Crippen molar-refractivity contribution in [1.29, 1.82) is 0 Å². The van der Waals surface area contributed by atoms with Gasteiger partial charge in [-0.05, 0) is 55.3 Å². The van der Waals surface area contributed by atoms with Crippen molar-refractivity contribution < 1.29 is 0 Å². The van der Waals surface area contributed by atoms with E-state index in [0.29, 0.717) is 0 Å². The topological polar surface area (TPSA) is 24.9 Å². The maximum atomic E-state index is 4.05. The van der Waals surface area contributed by atoms with Gasteiger partial charge in [0.15, 0.2) is 0 Å². The molecule has 1 N–H and O–H groups in total. The van der Waals surface area contributed by atoms with Gasteiger partial charge in [0, 0.05) is 18.4 Å². The average Bonchev–Trinajstić information content (AvgIpc) is 2.40. The highest BCUT2D eigenvalue weighted by atomic mass is 14.9. The summed E-state index contributed by atoms with van der Waals surface area (Å²) in [5.41, 5.74) is 1.38. The highest BCUT2D eigenvalue weighted by Gasteiger charge is 2.23. The van der Waals surface area contributed by atoms with Crippen LogP contribution < -0.4 is 5.32 Å². The van der Waals surface area contributed by atoms with Gasteiger partial charge in [0.2, 0.25) is 0 Å². The van der Waals surface area contributed by atoms with E-state index in [-0.39, 0.29) is 0 Å². The Balaban J connectivity index is 1.70. The number of nitrogens with zero attached hydrogens (tertiary/aromatic N) is 1. The van der Waals surface area contributed by atoms with Gasteiger partial charge < -0.3 is 5.32 Å². The molecule has 0 aromatic carbocycles. The molecule has 0 amide bonds. The monoisotopic (exact) mass is 246 g/mol. The fourth-order valence-corrected chi connectivity index (χ4v) is 2.99. The number of aromatic nitrogens is 1. The fourth-order valence-electron chi connectivity index (χ4n) is 2.99. The molecule has 1 aliphatic carbocycles. The summed E-state index contributed by atoms with van der Waals surface area (Å²) in [6, 6.07) is 4.96. The van der Waals surface area contributed by atoms with Crippen LogP contribution in [-0.2, 0) is 6.42 Å². The number of rotatable bonds is 5. The van der Waals surface area contributed by atoms with Crippen LogP contribution in [0.2, 0.25) is 0 Å². The number of nitrogens with one attached hydrogen (secondary N) is 1. The van der Waals surface area contributed by atoms with Gasteiger partial charge in [-0.1, -0.05) is 26.7 Å². The lowest BCUT2D eigenvalue weighted by Gasteiger charge is -2.32. The van der Waals surface area contributed by atoms with E-state index >= 15 is 0 Å². The molecule has 2 heteroatoms. The summed E-state index contributed by atoms with van der Waals surface area (Å²) in [7, 11) is 0. The van der Waals surface area contributed by atoms with Crippen molar-refractivity contribution >= 4 is 0 Å². The zero-order valence-electron chi connectivity index (χ0n) is 11.7. The van der Waals surface area contributed by atoms with E-state index in [1.54, 1.807) is 0 Å². The van der Waals surface area contributed by atoms with Crippen LogP contribution >= 0.6 is 0 Å². The van der Waals surface area contributed by atoms with Crippen molar-refractivity contribution in [2.75, 3.05) is 6.54 Å². The smallest absolute Gasteiger partial charge is 0.0270 e. The fraction of sp³-hybridized carbons (Fsp3) is 0.688. The van der Waals surface area contributed by atoms with E-state index in [0.717, 1.165) is 30.8 Å². The Morgan fingerprint density at radius 3 is 2.78 bits per heavy atom. The van der Waals surface area contributed by atoms with Gasteiger partial charge in [-0.2, -0.15) is 0 Å². The molecular weight excluding hydrogens is 220 g/mol. The molecule has 100 valence electrons. The Kier molecular flexibility index (Phi) is 5.18. The van der Waals surface area contributed by atoms with Crippen LogP contribution in [0, 0.1) is 11.8 Å². The minimum Gasteiger partial charge on any atom is -0.314 e. The Hall–Kier alpha value is -0.890. The Bertz CT molecular complexity index is 334. The van der Waals surface area contributed by atoms with Crippen molar-refractivity contribution in [2.45, 2.75) is 52.0 Å². The molecule has 1 aromatic rings. The molecule has 0 radical (unpaired) electrons. The lowest BCUT2D eigenvalue weighted by Crippen LogP contribution is -2.36. The zero-order chi connectivity index (χ0) is 12.8. The van der Waals surface area contributed by atoms with Gasteiger partial charge in [0.05, 0.1) is 0 Å². The third-order valence-corrected chi connectivity index (χ3v) is 4.25. The normalized spacial score (nSPS) is 24.4. The minimum absolute atomic E-state index is 0.744. The molecule has 0 saturated heterocycles. The van der Waals surface area contributed by atoms with Crippen LogP contribution in [0.15, 0.2) is 24.5 Å². The van der Waals surface area contributed by atoms with Crippen LogP contribution in [-0.4, -0.2) is 17.6 Å². The maximum absolute atomic E-state index is 4.05. The second-order valence-corrected chi connectivity index (χ2v) is 5.93. The molecule has 2 atom stereocenters. The number of hydrogen-bond donors (Lipinski definition) is 1. The van der Waals surface area contributed by atoms with Crippen LogP contribution in [0.25, 0.3) is 0 Å². The van der Waals surface area contributed by atoms with E-state index in [1.165, 1.54) is 31.2 Å². The van der Waals surface area contributed by atoms with Crippen LogP contribution in [0.5, 0.6) is 0 Å². The molecule has 1 aromatic heterocycles. The Morgan fingerprint density at radius 2 is 2.06 bits per heavy atom. The quantitative estimate of drug-likeness (QED) is 0.861. The average molecular weight is 246 g/mol. The summed E-state index contributed by atoms with van der Waals surface area (Å²) >= 11 is 0. The molecule has 2 unspecified atom stereocenters. The predicted molar refractivity (Wildman–Crippen MR) is 76.5 cm³/mol. The molecule has 0 spiro atoms. The molecule has 0 bridgehead atoms. The highest BCUT2D eigenvalue weighted by Crippen LogP contribution is 2.29. The molecule has 1 fully saturated rings. The molecule has 1 saturated carbocycles. The summed E-state index contributed by atoms with van der Waals surface area (Å²) in [5, 5.41) is 3.73. The van der Waals surface area contributed by atoms with Gasteiger partial charge >= 0.3 is 0 Å². The maximum Gasteiger partial charge on any atom is 0.0270 e. The van der Waals surface area contributed by atoms with Crippen molar-refractivity contribution in [3.05, 3.63) is 30.1 Å². The van der Waals surface area contributed by atoms with Gasteiger partial charge in [-0.25, -0.2) is 0 Å².